The molecule has 0 aliphatic carbocycles. The van der Waals surface area contributed by atoms with Crippen LogP contribution in [0.4, 0.5) is 0 Å². The van der Waals surface area contributed by atoms with Crippen molar-refractivity contribution >= 4 is 18.1 Å². The molecule has 190 valence electrons. The number of carbonyl (C=O) groups is 1. The number of hydrogen-bond donors (Lipinski definition) is 1. The zero-order valence-electron chi connectivity index (χ0n) is 21.0. The number of aromatic amines is 1. The SMILES string of the molecule is Cc1oc(/C=C\C(C)C)nc1COc1cc2c(cc1-c1nn[nH]n1)CCN(C(=O)/C=C/c1ccco1)C2. The van der Waals surface area contributed by atoms with Gasteiger partial charge in [-0.1, -0.05) is 19.9 Å². The summed E-state index contributed by atoms with van der Waals surface area (Å²) in [5.41, 5.74) is 3.56. The van der Waals surface area contributed by atoms with Crippen LogP contribution in [0.25, 0.3) is 23.5 Å². The number of H-pyrrole nitrogens is 1. The Hall–Kier alpha value is -4.47. The van der Waals surface area contributed by atoms with E-state index < -0.39 is 0 Å². The number of amides is 1. The van der Waals surface area contributed by atoms with Crippen LogP contribution in [0.15, 0.2) is 51.5 Å². The molecule has 0 saturated heterocycles. The number of ether oxygens (including phenoxy) is 1. The molecule has 0 fully saturated rings. The Morgan fingerprint density at radius 2 is 2.16 bits per heavy atom. The number of allylic oxidation sites excluding steroid dienone is 1. The van der Waals surface area contributed by atoms with Crippen molar-refractivity contribution < 1.29 is 18.4 Å². The molecule has 0 unspecified atom stereocenters. The van der Waals surface area contributed by atoms with E-state index in [1.165, 1.54) is 6.08 Å². The monoisotopic (exact) mass is 500 g/mol. The molecule has 0 spiro atoms. The van der Waals surface area contributed by atoms with Gasteiger partial charge in [0.15, 0.2) is 0 Å². The molecule has 1 aliphatic rings. The average Bonchev–Trinajstić information content (AvgIpc) is 3.67. The number of aromatic nitrogens is 5. The van der Waals surface area contributed by atoms with Crippen molar-refractivity contribution in [3.05, 3.63) is 76.9 Å². The lowest BCUT2D eigenvalue weighted by Gasteiger charge is -2.29. The van der Waals surface area contributed by atoms with Crippen LogP contribution in [-0.2, 0) is 24.4 Å². The van der Waals surface area contributed by atoms with Gasteiger partial charge in [-0.3, -0.25) is 4.79 Å². The van der Waals surface area contributed by atoms with E-state index in [1.54, 1.807) is 29.4 Å². The number of benzene rings is 1. The molecule has 0 bridgehead atoms. The van der Waals surface area contributed by atoms with Gasteiger partial charge < -0.3 is 18.5 Å². The molecular formula is C27H28N6O4. The van der Waals surface area contributed by atoms with E-state index in [4.69, 9.17) is 13.6 Å². The summed E-state index contributed by atoms with van der Waals surface area (Å²) in [6, 6.07) is 7.56. The van der Waals surface area contributed by atoms with Gasteiger partial charge in [-0.15, -0.1) is 10.2 Å². The molecule has 4 heterocycles. The maximum Gasteiger partial charge on any atom is 0.246 e. The maximum atomic E-state index is 12.8. The first-order valence-corrected chi connectivity index (χ1v) is 12.1. The van der Waals surface area contributed by atoms with E-state index in [2.05, 4.69) is 39.5 Å². The predicted molar refractivity (Wildman–Crippen MR) is 136 cm³/mol. The fraction of sp³-hybridized carbons (Fsp3) is 0.296. The number of aryl methyl sites for hydroxylation is 1. The third kappa shape index (κ3) is 5.69. The Morgan fingerprint density at radius 1 is 1.27 bits per heavy atom. The number of nitrogens with one attached hydrogen (secondary N) is 1. The van der Waals surface area contributed by atoms with E-state index in [9.17, 15) is 4.79 Å². The summed E-state index contributed by atoms with van der Waals surface area (Å²) in [6.45, 7) is 7.33. The highest BCUT2D eigenvalue weighted by molar-refractivity contribution is 5.91. The second-order valence-corrected chi connectivity index (χ2v) is 9.16. The molecule has 1 aromatic carbocycles. The van der Waals surface area contributed by atoms with Gasteiger partial charge >= 0.3 is 0 Å². The number of carbonyl (C=O) groups excluding carboxylic acids is 1. The lowest BCUT2D eigenvalue weighted by atomic mass is 9.96. The minimum absolute atomic E-state index is 0.0769. The van der Waals surface area contributed by atoms with Gasteiger partial charge in [0.1, 0.15) is 29.6 Å². The molecule has 10 nitrogen and oxygen atoms in total. The van der Waals surface area contributed by atoms with Gasteiger partial charge in [-0.25, -0.2) is 4.98 Å². The summed E-state index contributed by atoms with van der Waals surface area (Å²) in [7, 11) is 0. The minimum Gasteiger partial charge on any atom is -0.486 e. The van der Waals surface area contributed by atoms with Crippen molar-refractivity contribution in [2.75, 3.05) is 6.54 Å². The average molecular weight is 501 g/mol. The molecule has 5 rings (SSSR count). The zero-order valence-corrected chi connectivity index (χ0v) is 21.0. The van der Waals surface area contributed by atoms with Crippen molar-refractivity contribution in [2.45, 2.75) is 40.3 Å². The maximum absolute atomic E-state index is 12.8. The number of oxazole rings is 1. The first-order valence-electron chi connectivity index (χ1n) is 12.1. The topological polar surface area (TPSA) is 123 Å². The molecule has 4 aromatic rings. The van der Waals surface area contributed by atoms with Crippen molar-refractivity contribution in [3.63, 3.8) is 0 Å². The molecule has 0 atom stereocenters. The summed E-state index contributed by atoms with van der Waals surface area (Å²) >= 11 is 0. The first kappa shape index (κ1) is 24.2. The third-order valence-corrected chi connectivity index (χ3v) is 6.04. The van der Waals surface area contributed by atoms with Gasteiger partial charge in [0, 0.05) is 19.2 Å². The highest BCUT2D eigenvalue weighted by Crippen LogP contribution is 2.34. The molecule has 10 heteroatoms. The lowest BCUT2D eigenvalue weighted by molar-refractivity contribution is -0.126. The van der Waals surface area contributed by atoms with E-state index in [-0.39, 0.29) is 12.5 Å². The van der Waals surface area contributed by atoms with Crippen LogP contribution in [0.5, 0.6) is 5.75 Å². The molecule has 1 amide bonds. The van der Waals surface area contributed by atoms with Crippen molar-refractivity contribution in [1.82, 2.24) is 30.5 Å². The summed E-state index contributed by atoms with van der Waals surface area (Å²) in [5, 5.41) is 14.5. The quantitative estimate of drug-likeness (QED) is 0.348. The van der Waals surface area contributed by atoms with E-state index in [0.717, 1.165) is 16.7 Å². The Balaban J connectivity index is 1.37. The second kappa shape index (κ2) is 10.7. The van der Waals surface area contributed by atoms with E-state index in [1.807, 2.05) is 31.2 Å². The number of fused-ring (bicyclic) bond motifs is 1. The molecule has 0 radical (unpaired) electrons. The highest BCUT2D eigenvalue weighted by Gasteiger charge is 2.23. The lowest BCUT2D eigenvalue weighted by Crippen LogP contribution is -2.34. The molecule has 3 aromatic heterocycles. The molecule has 1 N–H and O–H groups in total. The van der Waals surface area contributed by atoms with Gasteiger partial charge in [0.25, 0.3) is 0 Å². The summed E-state index contributed by atoms with van der Waals surface area (Å²) in [5.74, 6) is 3.22. The second-order valence-electron chi connectivity index (χ2n) is 9.16. The normalized spacial score (nSPS) is 13.7. The van der Waals surface area contributed by atoms with E-state index in [0.29, 0.717) is 60.1 Å². The van der Waals surface area contributed by atoms with Crippen LogP contribution in [0.2, 0.25) is 0 Å². The molecule has 1 aliphatic heterocycles. The van der Waals surface area contributed by atoms with Crippen molar-refractivity contribution in [1.29, 1.82) is 0 Å². The summed E-state index contributed by atoms with van der Waals surface area (Å²) in [6.07, 6.45) is 9.40. The Bertz CT molecular complexity index is 1420. The number of furan rings is 1. The molecular weight excluding hydrogens is 472 g/mol. The minimum atomic E-state index is -0.0769. The van der Waals surface area contributed by atoms with Crippen LogP contribution in [-0.4, -0.2) is 43.0 Å². The van der Waals surface area contributed by atoms with Crippen LogP contribution in [0.1, 0.15) is 48.1 Å². The summed E-state index contributed by atoms with van der Waals surface area (Å²) < 4.78 is 17.3. The largest absolute Gasteiger partial charge is 0.486 e. The Kier molecular flexibility index (Phi) is 6.98. The zero-order chi connectivity index (χ0) is 25.8. The fourth-order valence-corrected chi connectivity index (χ4v) is 4.07. The smallest absolute Gasteiger partial charge is 0.246 e. The number of nitrogens with zero attached hydrogens (tertiary/aromatic N) is 5. The van der Waals surface area contributed by atoms with Gasteiger partial charge in [0.05, 0.1) is 11.8 Å². The highest BCUT2D eigenvalue weighted by atomic mass is 16.5. The molecule has 0 saturated carbocycles. The van der Waals surface area contributed by atoms with Crippen molar-refractivity contribution in [2.24, 2.45) is 5.92 Å². The Labute approximate surface area is 214 Å². The third-order valence-electron chi connectivity index (χ3n) is 6.04. The number of tetrazole rings is 1. The fourth-order valence-electron chi connectivity index (χ4n) is 4.07. The number of hydrogen-bond acceptors (Lipinski definition) is 8. The van der Waals surface area contributed by atoms with E-state index >= 15 is 0 Å². The van der Waals surface area contributed by atoms with Gasteiger partial charge in [0.2, 0.25) is 17.6 Å². The van der Waals surface area contributed by atoms with Crippen molar-refractivity contribution in [3.8, 4) is 17.1 Å². The molecule has 37 heavy (non-hydrogen) atoms. The standard InChI is InChI=1S/C27H28N6O4/c1-17(2)6-8-25-28-23(18(3)37-25)16-36-24-14-20-15-33(26(34)9-7-21-5-4-12-35-21)11-10-19(20)13-22(24)27-29-31-32-30-27/h4-9,12-14,17H,10-11,15-16H2,1-3H3,(H,29,30,31,32)/b8-6-,9-7+. The van der Waals surface area contributed by atoms with Crippen LogP contribution < -0.4 is 4.74 Å². The number of rotatable bonds is 8. The van der Waals surface area contributed by atoms with Gasteiger partial charge in [-0.2, -0.15) is 5.21 Å². The first-order chi connectivity index (χ1) is 18.0. The van der Waals surface area contributed by atoms with Crippen LogP contribution in [0.3, 0.4) is 0 Å². The summed E-state index contributed by atoms with van der Waals surface area (Å²) in [4.78, 5) is 19.2. The predicted octanol–water partition coefficient (Wildman–Crippen LogP) is 4.60. The van der Waals surface area contributed by atoms with Gasteiger partial charge in [-0.05, 0) is 72.0 Å². The van der Waals surface area contributed by atoms with Crippen LogP contribution in [0, 0.1) is 12.8 Å². The van der Waals surface area contributed by atoms with Crippen LogP contribution >= 0.6 is 0 Å². The Morgan fingerprint density at radius 3 is 2.92 bits per heavy atom.